The van der Waals surface area contributed by atoms with Gasteiger partial charge in [-0.1, -0.05) is 17.8 Å². The number of allylic oxidation sites excluding steroid dienone is 1. The first-order chi connectivity index (χ1) is 11.6. The minimum Gasteiger partial charge on any atom is -0.469 e. The number of nitrogens with one attached hydrogen (secondary N) is 1. The first kappa shape index (κ1) is 18.3. The molecule has 0 saturated heterocycles. The molecule has 0 radical (unpaired) electrons. The quantitative estimate of drug-likeness (QED) is 0.424. The zero-order valence-corrected chi connectivity index (χ0v) is 14.9. The van der Waals surface area contributed by atoms with Gasteiger partial charge in [0.25, 0.3) is 0 Å². The van der Waals surface area contributed by atoms with E-state index in [1.54, 1.807) is 19.4 Å². The largest absolute Gasteiger partial charge is 0.469 e. The molecule has 0 aromatic carbocycles. The second-order valence-electron chi connectivity index (χ2n) is 5.14. The molecule has 2 aromatic rings. The van der Waals surface area contributed by atoms with Gasteiger partial charge in [0, 0.05) is 20.2 Å². The number of hydrogen-bond donors (Lipinski definition) is 1. The summed E-state index contributed by atoms with van der Waals surface area (Å²) in [6.07, 6.45) is 3.39. The van der Waals surface area contributed by atoms with E-state index in [1.165, 1.54) is 11.8 Å². The molecule has 7 nitrogen and oxygen atoms in total. The van der Waals surface area contributed by atoms with E-state index >= 15 is 0 Å². The van der Waals surface area contributed by atoms with Crippen LogP contribution in [-0.2, 0) is 16.1 Å². The number of aromatic nitrogens is 3. The van der Waals surface area contributed by atoms with Crippen LogP contribution >= 0.6 is 11.8 Å². The Balaban J connectivity index is 2.15. The van der Waals surface area contributed by atoms with E-state index < -0.39 is 0 Å². The third-order valence-electron chi connectivity index (χ3n) is 3.39. The van der Waals surface area contributed by atoms with Gasteiger partial charge in [-0.25, -0.2) is 0 Å². The lowest BCUT2D eigenvalue weighted by atomic mass is 10.2. The number of thioether (sulfide) groups is 1. The van der Waals surface area contributed by atoms with E-state index in [0.717, 1.165) is 11.3 Å². The van der Waals surface area contributed by atoms with Crippen LogP contribution in [0, 0.1) is 6.92 Å². The Labute approximate surface area is 145 Å². The van der Waals surface area contributed by atoms with Crippen LogP contribution in [0.1, 0.15) is 12.7 Å². The highest BCUT2D eigenvalue weighted by Crippen LogP contribution is 2.29. The van der Waals surface area contributed by atoms with Crippen LogP contribution in [0.2, 0.25) is 0 Å². The number of hydrogen-bond acceptors (Lipinski definition) is 6. The summed E-state index contributed by atoms with van der Waals surface area (Å²) in [6, 6.07) is 1.86. The van der Waals surface area contributed by atoms with E-state index in [1.807, 2.05) is 24.5 Å². The summed E-state index contributed by atoms with van der Waals surface area (Å²) in [4.78, 5) is 12.1. The first-order valence-electron chi connectivity index (χ1n) is 7.60. The Morgan fingerprint density at radius 3 is 3.00 bits per heavy atom. The van der Waals surface area contributed by atoms with Crippen molar-refractivity contribution in [3.05, 3.63) is 30.7 Å². The van der Waals surface area contributed by atoms with Crippen LogP contribution < -0.4 is 5.32 Å². The van der Waals surface area contributed by atoms with Crippen LogP contribution in [0.25, 0.3) is 11.4 Å². The van der Waals surface area contributed by atoms with Gasteiger partial charge in [0.15, 0.2) is 11.0 Å². The van der Waals surface area contributed by atoms with Crippen molar-refractivity contribution in [2.45, 2.75) is 30.8 Å². The molecular weight excluding hydrogens is 328 g/mol. The highest BCUT2D eigenvalue weighted by molar-refractivity contribution is 8.00. The molecule has 0 aliphatic carbocycles. The van der Waals surface area contributed by atoms with Gasteiger partial charge in [0.05, 0.1) is 23.7 Å². The lowest BCUT2D eigenvalue weighted by Gasteiger charge is -2.12. The molecule has 0 aliphatic rings. The van der Waals surface area contributed by atoms with E-state index in [-0.39, 0.29) is 11.2 Å². The highest BCUT2D eigenvalue weighted by Gasteiger charge is 2.21. The van der Waals surface area contributed by atoms with Gasteiger partial charge >= 0.3 is 0 Å². The Bertz CT molecular complexity index is 695. The van der Waals surface area contributed by atoms with Crippen LogP contribution in [0.5, 0.6) is 0 Å². The smallest absolute Gasteiger partial charge is 0.233 e. The number of aryl methyl sites for hydroxylation is 1. The van der Waals surface area contributed by atoms with E-state index in [0.29, 0.717) is 30.7 Å². The predicted octanol–water partition coefficient (Wildman–Crippen LogP) is 2.28. The van der Waals surface area contributed by atoms with Crippen LogP contribution in [-0.4, -0.2) is 46.2 Å². The van der Waals surface area contributed by atoms with Crippen LogP contribution in [0.4, 0.5) is 0 Å². The number of rotatable bonds is 9. The number of carbonyl (C=O) groups excluding carboxylic acids is 1. The summed E-state index contributed by atoms with van der Waals surface area (Å²) in [7, 11) is 1.60. The summed E-state index contributed by atoms with van der Waals surface area (Å²) >= 11 is 1.36. The molecule has 0 bridgehead atoms. The normalized spacial score (nSPS) is 12.1. The van der Waals surface area contributed by atoms with E-state index in [4.69, 9.17) is 9.15 Å². The van der Waals surface area contributed by atoms with Crippen molar-refractivity contribution in [1.29, 1.82) is 0 Å². The molecule has 0 aliphatic heterocycles. The number of ether oxygens (including phenoxy) is 1. The van der Waals surface area contributed by atoms with Crippen molar-refractivity contribution in [3.63, 3.8) is 0 Å². The monoisotopic (exact) mass is 350 g/mol. The standard InChI is InChI=1S/C16H22N4O3S/c1-5-8-20-14(13-6-9-23-11(13)2)18-19-16(20)24-12(3)15(21)17-7-10-22-4/h5-6,9,12H,1,7-8,10H2,2-4H3,(H,17,21)/t12-/m1/s1. The molecular formula is C16H22N4O3S. The van der Waals surface area contributed by atoms with Crippen molar-refractivity contribution < 1.29 is 13.9 Å². The molecule has 2 aromatic heterocycles. The molecule has 1 amide bonds. The van der Waals surface area contributed by atoms with Crippen molar-refractivity contribution >= 4 is 17.7 Å². The third-order valence-corrected chi connectivity index (χ3v) is 4.47. The van der Waals surface area contributed by atoms with E-state index in [9.17, 15) is 4.79 Å². The van der Waals surface area contributed by atoms with Crippen LogP contribution in [0.3, 0.4) is 0 Å². The lowest BCUT2D eigenvalue weighted by Crippen LogP contribution is -2.33. The fourth-order valence-corrected chi connectivity index (χ4v) is 3.00. The molecule has 8 heteroatoms. The topological polar surface area (TPSA) is 82.2 Å². The summed E-state index contributed by atoms with van der Waals surface area (Å²) in [5.74, 6) is 1.41. The zero-order valence-electron chi connectivity index (χ0n) is 14.1. The molecule has 0 spiro atoms. The summed E-state index contributed by atoms with van der Waals surface area (Å²) in [6.45, 7) is 9.02. The number of furan rings is 1. The Kier molecular flexibility index (Phi) is 6.62. The van der Waals surface area contributed by atoms with Gasteiger partial charge in [-0.15, -0.1) is 16.8 Å². The van der Waals surface area contributed by atoms with Gasteiger partial charge in [-0.2, -0.15) is 0 Å². The summed E-state index contributed by atoms with van der Waals surface area (Å²) < 4.78 is 12.2. The van der Waals surface area contributed by atoms with Gasteiger partial charge in [0.2, 0.25) is 5.91 Å². The molecule has 0 fully saturated rings. The lowest BCUT2D eigenvalue weighted by molar-refractivity contribution is -0.120. The average molecular weight is 350 g/mol. The molecule has 1 N–H and O–H groups in total. The predicted molar refractivity (Wildman–Crippen MR) is 92.9 cm³/mol. The molecule has 130 valence electrons. The Hall–Kier alpha value is -2.06. The fraction of sp³-hybridized carbons (Fsp3) is 0.438. The van der Waals surface area contributed by atoms with Gasteiger partial charge in [-0.3, -0.25) is 9.36 Å². The van der Waals surface area contributed by atoms with Crippen molar-refractivity contribution in [2.24, 2.45) is 0 Å². The van der Waals surface area contributed by atoms with Crippen molar-refractivity contribution in [3.8, 4) is 11.4 Å². The highest BCUT2D eigenvalue weighted by atomic mass is 32.2. The van der Waals surface area contributed by atoms with Crippen molar-refractivity contribution in [2.75, 3.05) is 20.3 Å². The molecule has 0 saturated carbocycles. The number of amides is 1. The van der Waals surface area contributed by atoms with Crippen molar-refractivity contribution in [1.82, 2.24) is 20.1 Å². The SMILES string of the molecule is C=CCn1c(S[C@H](C)C(=O)NCCOC)nnc1-c1ccoc1C. The van der Waals surface area contributed by atoms with Gasteiger partial charge in [0.1, 0.15) is 5.76 Å². The molecule has 2 rings (SSSR count). The summed E-state index contributed by atoms with van der Waals surface area (Å²) in [5, 5.41) is 11.7. The summed E-state index contributed by atoms with van der Waals surface area (Å²) in [5.41, 5.74) is 0.883. The zero-order chi connectivity index (χ0) is 17.5. The number of methoxy groups -OCH3 is 1. The number of carbonyl (C=O) groups is 1. The Morgan fingerprint density at radius 2 is 2.38 bits per heavy atom. The third kappa shape index (κ3) is 4.27. The fourth-order valence-electron chi connectivity index (χ4n) is 2.12. The maximum atomic E-state index is 12.1. The minimum atomic E-state index is -0.298. The van der Waals surface area contributed by atoms with Gasteiger partial charge < -0.3 is 14.5 Å². The average Bonchev–Trinajstić information content (AvgIpc) is 3.14. The second kappa shape index (κ2) is 8.70. The molecule has 1 atom stereocenters. The van der Waals surface area contributed by atoms with Crippen LogP contribution in [0.15, 0.2) is 34.6 Å². The first-order valence-corrected chi connectivity index (χ1v) is 8.48. The number of nitrogens with zero attached hydrogens (tertiary/aromatic N) is 3. The molecule has 0 unspecified atom stereocenters. The Morgan fingerprint density at radius 1 is 1.58 bits per heavy atom. The second-order valence-corrected chi connectivity index (χ2v) is 6.45. The molecule has 2 heterocycles. The maximum absolute atomic E-state index is 12.1. The maximum Gasteiger partial charge on any atom is 0.233 e. The minimum absolute atomic E-state index is 0.0637. The molecule has 24 heavy (non-hydrogen) atoms. The van der Waals surface area contributed by atoms with E-state index in [2.05, 4.69) is 22.1 Å². The van der Waals surface area contributed by atoms with Gasteiger partial charge in [-0.05, 0) is 19.9 Å².